The Balaban J connectivity index is 1.96. The third-order valence-corrected chi connectivity index (χ3v) is 4.34. The third kappa shape index (κ3) is 2.30. The smallest absolute Gasteiger partial charge is 0.359 e. The summed E-state index contributed by atoms with van der Waals surface area (Å²) >= 11 is 6.12. The molecule has 2 aromatic heterocycles. The first-order valence-corrected chi connectivity index (χ1v) is 8.14. The SMILES string of the molecule is CCOC(=O)c1nn(-c2cccc(Cl)c2)c2c1CCc1[nH]ncc1-2. The van der Waals surface area contributed by atoms with Crippen molar-refractivity contribution in [3.05, 3.63) is 52.4 Å². The number of carbonyl (C=O) groups is 1. The van der Waals surface area contributed by atoms with Crippen LogP contribution in [0.2, 0.25) is 5.02 Å². The summed E-state index contributed by atoms with van der Waals surface area (Å²) in [4.78, 5) is 12.3. The second-order valence-electron chi connectivity index (χ2n) is 5.55. The highest BCUT2D eigenvalue weighted by Crippen LogP contribution is 2.36. The van der Waals surface area contributed by atoms with E-state index in [9.17, 15) is 4.79 Å². The Hall–Kier alpha value is -2.60. The number of halogens is 1. The second kappa shape index (κ2) is 5.79. The summed E-state index contributed by atoms with van der Waals surface area (Å²) in [6, 6.07) is 7.38. The summed E-state index contributed by atoms with van der Waals surface area (Å²) in [5.41, 5.74) is 4.92. The van der Waals surface area contributed by atoms with E-state index < -0.39 is 5.97 Å². The van der Waals surface area contributed by atoms with Gasteiger partial charge < -0.3 is 4.74 Å². The van der Waals surface area contributed by atoms with Gasteiger partial charge in [-0.1, -0.05) is 17.7 Å². The van der Waals surface area contributed by atoms with Crippen LogP contribution in [-0.4, -0.2) is 32.6 Å². The molecule has 0 bridgehead atoms. The molecule has 1 N–H and O–H groups in total. The number of rotatable bonds is 3. The Morgan fingerprint density at radius 2 is 2.29 bits per heavy atom. The average molecular weight is 343 g/mol. The van der Waals surface area contributed by atoms with Crippen molar-refractivity contribution in [2.75, 3.05) is 6.61 Å². The maximum absolute atomic E-state index is 12.3. The molecule has 7 heteroatoms. The van der Waals surface area contributed by atoms with Gasteiger partial charge in [0, 0.05) is 21.8 Å². The van der Waals surface area contributed by atoms with Crippen LogP contribution in [0.4, 0.5) is 0 Å². The number of esters is 1. The number of hydrogen-bond donors (Lipinski definition) is 1. The van der Waals surface area contributed by atoms with Gasteiger partial charge in [0.15, 0.2) is 5.69 Å². The molecular weight excluding hydrogens is 328 g/mol. The number of H-pyrrole nitrogens is 1. The van der Waals surface area contributed by atoms with E-state index >= 15 is 0 Å². The first-order chi connectivity index (χ1) is 11.7. The van der Waals surface area contributed by atoms with Crippen molar-refractivity contribution < 1.29 is 9.53 Å². The summed E-state index contributed by atoms with van der Waals surface area (Å²) in [5.74, 6) is -0.401. The summed E-state index contributed by atoms with van der Waals surface area (Å²) in [6.07, 6.45) is 3.26. The summed E-state index contributed by atoms with van der Waals surface area (Å²) in [7, 11) is 0. The van der Waals surface area contributed by atoms with Crippen LogP contribution in [0, 0.1) is 0 Å². The monoisotopic (exact) mass is 342 g/mol. The molecule has 122 valence electrons. The van der Waals surface area contributed by atoms with E-state index in [1.165, 1.54) is 0 Å². The molecule has 0 saturated heterocycles. The van der Waals surface area contributed by atoms with Crippen molar-refractivity contribution in [1.29, 1.82) is 0 Å². The van der Waals surface area contributed by atoms with Crippen LogP contribution in [0.5, 0.6) is 0 Å². The molecule has 1 aliphatic carbocycles. The molecule has 0 radical (unpaired) electrons. The highest BCUT2D eigenvalue weighted by atomic mass is 35.5. The number of ether oxygens (including phenoxy) is 1. The van der Waals surface area contributed by atoms with Crippen LogP contribution in [0.15, 0.2) is 30.5 Å². The van der Waals surface area contributed by atoms with Gasteiger partial charge >= 0.3 is 5.97 Å². The Kier molecular flexibility index (Phi) is 3.61. The van der Waals surface area contributed by atoms with Crippen molar-refractivity contribution in [3.63, 3.8) is 0 Å². The predicted molar refractivity (Wildman–Crippen MR) is 89.5 cm³/mol. The van der Waals surface area contributed by atoms with Gasteiger partial charge in [0.05, 0.1) is 24.2 Å². The zero-order valence-corrected chi connectivity index (χ0v) is 13.8. The largest absolute Gasteiger partial charge is 0.461 e. The van der Waals surface area contributed by atoms with E-state index in [1.807, 2.05) is 18.2 Å². The lowest BCUT2D eigenvalue weighted by Gasteiger charge is -2.14. The summed E-state index contributed by atoms with van der Waals surface area (Å²) in [6.45, 7) is 2.10. The molecule has 1 aromatic carbocycles. The number of carbonyl (C=O) groups excluding carboxylic acids is 1. The number of fused-ring (bicyclic) bond motifs is 3. The molecule has 6 nitrogen and oxygen atoms in total. The fourth-order valence-electron chi connectivity index (χ4n) is 3.08. The zero-order valence-electron chi connectivity index (χ0n) is 13.0. The average Bonchev–Trinajstić information content (AvgIpc) is 3.19. The van der Waals surface area contributed by atoms with E-state index in [0.29, 0.717) is 23.7 Å². The molecule has 0 fully saturated rings. The fraction of sp³-hybridized carbons (Fsp3) is 0.235. The molecule has 1 aliphatic rings. The molecule has 24 heavy (non-hydrogen) atoms. The van der Waals surface area contributed by atoms with Gasteiger partial charge in [0.1, 0.15) is 0 Å². The van der Waals surface area contributed by atoms with E-state index in [1.54, 1.807) is 23.9 Å². The Morgan fingerprint density at radius 1 is 1.42 bits per heavy atom. The number of hydrogen-bond acceptors (Lipinski definition) is 4. The quantitative estimate of drug-likeness (QED) is 0.742. The van der Waals surface area contributed by atoms with Crippen molar-refractivity contribution in [2.45, 2.75) is 19.8 Å². The minimum atomic E-state index is -0.401. The maximum Gasteiger partial charge on any atom is 0.359 e. The second-order valence-corrected chi connectivity index (χ2v) is 5.99. The van der Waals surface area contributed by atoms with Gasteiger partial charge in [-0.15, -0.1) is 0 Å². The van der Waals surface area contributed by atoms with E-state index in [-0.39, 0.29) is 0 Å². The summed E-state index contributed by atoms with van der Waals surface area (Å²) < 4.78 is 6.92. The minimum absolute atomic E-state index is 0.314. The van der Waals surface area contributed by atoms with Crippen molar-refractivity contribution in [2.24, 2.45) is 0 Å². The van der Waals surface area contributed by atoms with Crippen LogP contribution in [0.1, 0.15) is 28.7 Å². The molecule has 0 spiro atoms. The standard InChI is InChI=1S/C17H15ClN4O2/c1-2-24-17(23)15-12-6-7-14-13(9-19-20-14)16(12)22(21-15)11-5-3-4-10(18)8-11/h3-5,8-9H,2,6-7H2,1H3,(H,19,20). The minimum Gasteiger partial charge on any atom is -0.461 e. The molecule has 0 atom stereocenters. The Bertz CT molecular complexity index is 929. The lowest BCUT2D eigenvalue weighted by Crippen LogP contribution is -2.10. The van der Waals surface area contributed by atoms with Crippen LogP contribution < -0.4 is 0 Å². The fourth-order valence-corrected chi connectivity index (χ4v) is 3.26. The highest BCUT2D eigenvalue weighted by Gasteiger charge is 2.30. The lowest BCUT2D eigenvalue weighted by atomic mass is 9.94. The molecule has 2 heterocycles. The van der Waals surface area contributed by atoms with Gasteiger partial charge in [-0.05, 0) is 38.0 Å². The van der Waals surface area contributed by atoms with Gasteiger partial charge in [0.25, 0.3) is 0 Å². The van der Waals surface area contributed by atoms with Crippen LogP contribution >= 0.6 is 11.6 Å². The summed E-state index contributed by atoms with van der Waals surface area (Å²) in [5, 5.41) is 12.3. The number of aryl methyl sites for hydroxylation is 1. The van der Waals surface area contributed by atoms with Crippen molar-refractivity contribution in [1.82, 2.24) is 20.0 Å². The topological polar surface area (TPSA) is 72.8 Å². The molecular formula is C17H15ClN4O2. The van der Waals surface area contributed by atoms with Gasteiger partial charge in [-0.2, -0.15) is 10.2 Å². The number of benzene rings is 1. The number of aromatic nitrogens is 4. The first-order valence-electron chi connectivity index (χ1n) is 7.76. The Morgan fingerprint density at radius 3 is 3.08 bits per heavy atom. The van der Waals surface area contributed by atoms with E-state index in [0.717, 1.165) is 34.6 Å². The predicted octanol–water partition coefficient (Wildman–Crippen LogP) is 3.19. The lowest BCUT2D eigenvalue weighted by molar-refractivity contribution is 0.0517. The molecule has 0 amide bonds. The van der Waals surface area contributed by atoms with E-state index in [2.05, 4.69) is 15.3 Å². The maximum atomic E-state index is 12.3. The highest BCUT2D eigenvalue weighted by molar-refractivity contribution is 6.30. The molecule has 0 unspecified atom stereocenters. The van der Waals surface area contributed by atoms with Crippen molar-refractivity contribution in [3.8, 4) is 16.9 Å². The number of aromatic amines is 1. The zero-order chi connectivity index (χ0) is 16.7. The Labute approximate surface area is 143 Å². The van der Waals surface area contributed by atoms with Crippen LogP contribution in [-0.2, 0) is 17.6 Å². The number of nitrogens with zero attached hydrogens (tertiary/aromatic N) is 3. The first kappa shape index (κ1) is 15.0. The third-order valence-electron chi connectivity index (χ3n) is 4.10. The van der Waals surface area contributed by atoms with Gasteiger partial charge in [-0.3, -0.25) is 5.10 Å². The van der Waals surface area contributed by atoms with Crippen LogP contribution in [0.3, 0.4) is 0 Å². The normalized spacial score (nSPS) is 12.6. The molecule has 0 saturated carbocycles. The molecule has 4 rings (SSSR count). The van der Waals surface area contributed by atoms with Gasteiger partial charge in [0.2, 0.25) is 0 Å². The number of nitrogens with one attached hydrogen (secondary N) is 1. The molecule has 0 aliphatic heterocycles. The van der Waals surface area contributed by atoms with E-state index in [4.69, 9.17) is 16.3 Å². The van der Waals surface area contributed by atoms with Crippen LogP contribution in [0.25, 0.3) is 16.9 Å². The van der Waals surface area contributed by atoms with Gasteiger partial charge in [-0.25, -0.2) is 9.48 Å². The molecule has 3 aromatic rings. The van der Waals surface area contributed by atoms with Crippen molar-refractivity contribution >= 4 is 17.6 Å².